The van der Waals surface area contributed by atoms with Crippen molar-refractivity contribution in [1.29, 1.82) is 0 Å². The molecule has 2 amide bonds. The van der Waals surface area contributed by atoms with Crippen molar-refractivity contribution in [2.75, 3.05) is 39.3 Å². The van der Waals surface area contributed by atoms with Gasteiger partial charge in [0.2, 0.25) is 0 Å². The minimum absolute atomic E-state index is 0.0103. The maximum atomic E-state index is 12.9. The maximum Gasteiger partial charge on any atom is 0.255 e. The maximum absolute atomic E-state index is 12.9. The highest BCUT2D eigenvalue weighted by atomic mass is 79.9. The van der Waals surface area contributed by atoms with E-state index in [1.165, 1.54) is 0 Å². The highest BCUT2D eigenvalue weighted by molar-refractivity contribution is 9.10. The lowest BCUT2D eigenvalue weighted by Gasteiger charge is -2.22. The Balaban J connectivity index is 1.20. The summed E-state index contributed by atoms with van der Waals surface area (Å²) in [4.78, 5) is 29.6. The van der Waals surface area contributed by atoms with Crippen molar-refractivity contribution in [2.24, 2.45) is 11.8 Å². The number of nitrogens with one attached hydrogen (secondary N) is 1. The zero-order valence-corrected chi connectivity index (χ0v) is 21.0. The standard InChI is InChI=1S/C24H26BrCl2N3O2/c1-15-3-4-16(9-22(15)27)23(31)28-7-2-8-29-11-17-13-30(14-18(17)12-29)24(32)20-10-19(25)5-6-21(20)26/h3-6,9-10,17-18H,2,7-8,11-14H2,1H3,(H,28,31). The molecule has 2 heterocycles. The summed E-state index contributed by atoms with van der Waals surface area (Å²) in [6.45, 7) is 7.00. The Kier molecular flexibility index (Phi) is 7.45. The van der Waals surface area contributed by atoms with Crippen LogP contribution in [-0.4, -0.2) is 60.9 Å². The fraction of sp³-hybridized carbons (Fsp3) is 0.417. The molecule has 2 atom stereocenters. The molecule has 2 unspecified atom stereocenters. The highest BCUT2D eigenvalue weighted by Crippen LogP contribution is 2.33. The summed E-state index contributed by atoms with van der Waals surface area (Å²) in [5.41, 5.74) is 2.11. The predicted molar refractivity (Wildman–Crippen MR) is 132 cm³/mol. The van der Waals surface area contributed by atoms with Crippen molar-refractivity contribution in [3.05, 3.63) is 67.6 Å². The Bertz CT molecular complexity index is 1020. The van der Waals surface area contributed by atoms with Gasteiger partial charge in [-0.2, -0.15) is 0 Å². The van der Waals surface area contributed by atoms with E-state index < -0.39 is 0 Å². The zero-order chi connectivity index (χ0) is 22.8. The van der Waals surface area contributed by atoms with E-state index >= 15 is 0 Å². The molecule has 0 saturated carbocycles. The summed E-state index contributed by atoms with van der Waals surface area (Å²) in [7, 11) is 0. The first-order valence-corrected chi connectivity index (χ1v) is 12.4. The number of carbonyl (C=O) groups excluding carboxylic acids is 2. The molecule has 0 spiro atoms. The number of likely N-dealkylation sites (tertiary alicyclic amines) is 2. The molecular formula is C24H26BrCl2N3O2. The number of rotatable bonds is 6. The molecule has 2 aliphatic rings. The van der Waals surface area contributed by atoms with Gasteiger partial charge in [0.1, 0.15) is 0 Å². The van der Waals surface area contributed by atoms with Crippen molar-refractivity contribution in [1.82, 2.24) is 15.1 Å². The van der Waals surface area contributed by atoms with Gasteiger partial charge in [-0.25, -0.2) is 0 Å². The van der Waals surface area contributed by atoms with Crippen LogP contribution in [0.3, 0.4) is 0 Å². The molecule has 2 fully saturated rings. The van der Waals surface area contributed by atoms with Crippen molar-refractivity contribution < 1.29 is 9.59 Å². The second-order valence-corrected chi connectivity index (χ2v) is 10.4. The van der Waals surface area contributed by atoms with Crippen molar-refractivity contribution >= 4 is 50.9 Å². The van der Waals surface area contributed by atoms with Gasteiger partial charge in [-0.05, 0) is 67.6 Å². The minimum Gasteiger partial charge on any atom is -0.352 e. The van der Waals surface area contributed by atoms with Gasteiger partial charge >= 0.3 is 0 Å². The van der Waals surface area contributed by atoms with E-state index in [2.05, 4.69) is 26.1 Å². The van der Waals surface area contributed by atoms with Crippen LogP contribution < -0.4 is 5.32 Å². The number of amides is 2. The molecule has 0 aromatic heterocycles. The molecule has 2 aliphatic heterocycles. The topological polar surface area (TPSA) is 52.7 Å². The Morgan fingerprint density at radius 2 is 1.75 bits per heavy atom. The monoisotopic (exact) mass is 537 g/mol. The minimum atomic E-state index is -0.0921. The summed E-state index contributed by atoms with van der Waals surface area (Å²) in [5.74, 6) is 0.907. The molecule has 0 bridgehead atoms. The van der Waals surface area contributed by atoms with Gasteiger partial charge in [0, 0.05) is 47.8 Å². The van der Waals surface area contributed by atoms with Crippen molar-refractivity contribution in [3.63, 3.8) is 0 Å². The third-order valence-electron chi connectivity index (χ3n) is 6.38. The second-order valence-electron chi connectivity index (χ2n) is 8.69. The largest absolute Gasteiger partial charge is 0.352 e. The number of aryl methyl sites for hydroxylation is 1. The number of halogens is 3. The van der Waals surface area contributed by atoms with E-state index in [4.69, 9.17) is 23.2 Å². The average Bonchev–Trinajstić information content (AvgIpc) is 3.33. The third-order valence-corrected chi connectivity index (χ3v) is 7.61. The number of benzene rings is 2. The first-order valence-electron chi connectivity index (χ1n) is 10.8. The van der Waals surface area contributed by atoms with Crippen molar-refractivity contribution in [2.45, 2.75) is 13.3 Å². The summed E-state index contributed by atoms with van der Waals surface area (Å²) in [6, 6.07) is 10.8. The number of carbonyl (C=O) groups is 2. The van der Waals surface area contributed by atoms with Gasteiger partial charge in [0.25, 0.3) is 11.8 Å². The molecule has 32 heavy (non-hydrogen) atoms. The first kappa shape index (κ1) is 23.6. The fourth-order valence-electron chi connectivity index (χ4n) is 4.61. The van der Waals surface area contributed by atoms with Crippen LogP contribution in [0.1, 0.15) is 32.7 Å². The molecule has 1 N–H and O–H groups in total. The van der Waals surface area contributed by atoms with E-state index in [1.54, 1.807) is 24.3 Å². The molecule has 170 valence electrons. The SMILES string of the molecule is Cc1ccc(C(=O)NCCCN2CC3CN(C(=O)c4cc(Br)ccc4Cl)CC3C2)cc1Cl. The molecule has 5 nitrogen and oxygen atoms in total. The Morgan fingerprint density at radius 1 is 1.03 bits per heavy atom. The Labute approximate surface area is 207 Å². The van der Waals surface area contributed by atoms with Crippen LogP contribution in [-0.2, 0) is 0 Å². The number of nitrogens with zero attached hydrogens (tertiary/aromatic N) is 2. The zero-order valence-electron chi connectivity index (χ0n) is 17.9. The van der Waals surface area contributed by atoms with E-state index in [9.17, 15) is 9.59 Å². The van der Waals surface area contributed by atoms with E-state index in [-0.39, 0.29) is 11.8 Å². The lowest BCUT2D eigenvalue weighted by atomic mass is 10.0. The molecule has 4 rings (SSSR count). The molecule has 0 radical (unpaired) electrons. The van der Waals surface area contributed by atoms with Gasteiger partial charge in [-0.3, -0.25) is 9.59 Å². The van der Waals surface area contributed by atoms with Gasteiger partial charge in [0.15, 0.2) is 0 Å². The van der Waals surface area contributed by atoms with Crippen LogP contribution in [0.15, 0.2) is 40.9 Å². The predicted octanol–water partition coefficient (Wildman–Crippen LogP) is 4.89. The van der Waals surface area contributed by atoms with E-state index in [0.717, 1.165) is 49.2 Å². The van der Waals surface area contributed by atoms with Crippen LogP contribution in [0.5, 0.6) is 0 Å². The van der Waals surface area contributed by atoms with Gasteiger partial charge in [-0.15, -0.1) is 0 Å². The van der Waals surface area contributed by atoms with Gasteiger partial charge < -0.3 is 15.1 Å². The quantitative estimate of drug-likeness (QED) is 0.533. The summed E-state index contributed by atoms with van der Waals surface area (Å²) in [6.07, 6.45) is 0.890. The van der Waals surface area contributed by atoms with Crippen LogP contribution in [0.4, 0.5) is 0 Å². The summed E-state index contributed by atoms with van der Waals surface area (Å²) >= 11 is 15.8. The second kappa shape index (κ2) is 10.1. The smallest absolute Gasteiger partial charge is 0.255 e. The number of hydrogen-bond acceptors (Lipinski definition) is 3. The van der Waals surface area contributed by atoms with Crippen molar-refractivity contribution in [3.8, 4) is 0 Å². The third kappa shape index (κ3) is 5.30. The van der Waals surface area contributed by atoms with E-state index in [1.807, 2.05) is 24.0 Å². The molecule has 0 aliphatic carbocycles. The van der Waals surface area contributed by atoms with Crippen LogP contribution in [0.2, 0.25) is 10.0 Å². The molecule has 2 saturated heterocycles. The number of fused-ring (bicyclic) bond motifs is 1. The molecule has 2 aromatic carbocycles. The first-order chi connectivity index (χ1) is 15.3. The van der Waals surface area contributed by atoms with Gasteiger partial charge in [0.05, 0.1) is 10.6 Å². The fourth-order valence-corrected chi connectivity index (χ4v) is 5.35. The molecular weight excluding hydrogens is 513 g/mol. The normalized spacial score (nSPS) is 20.4. The Morgan fingerprint density at radius 3 is 2.44 bits per heavy atom. The van der Waals surface area contributed by atoms with Crippen LogP contribution in [0.25, 0.3) is 0 Å². The highest BCUT2D eigenvalue weighted by Gasteiger charge is 2.41. The molecule has 8 heteroatoms. The lowest BCUT2D eigenvalue weighted by molar-refractivity contribution is 0.0774. The number of hydrogen-bond donors (Lipinski definition) is 1. The van der Waals surface area contributed by atoms with E-state index in [0.29, 0.717) is 39.6 Å². The Hall–Kier alpha value is -1.60. The average molecular weight is 539 g/mol. The van der Waals surface area contributed by atoms with Gasteiger partial charge in [-0.1, -0.05) is 45.2 Å². The molecule has 2 aromatic rings. The summed E-state index contributed by atoms with van der Waals surface area (Å²) < 4.78 is 0.855. The van der Waals surface area contributed by atoms with Crippen LogP contribution >= 0.6 is 39.1 Å². The summed E-state index contributed by atoms with van der Waals surface area (Å²) in [5, 5.41) is 4.08. The van der Waals surface area contributed by atoms with Crippen LogP contribution in [0, 0.1) is 18.8 Å². The lowest BCUT2D eigenvalue weighted by Crippen LogP contribution is -2.34.